The fourth-order valence-electron chi connectivity index (χ4n) is 6.39. The Kier molecular flexibility index (Phi) is 11.9. The zero-order valence-electron chi connectivity index (χ0n) is 29.2. The first kappa shape index (κ1) is 37.7. The van der Waals surface area contributed by atoms with Crippen molar-refractivity contribution in [3.05, 3.63) is 99.2 Å². The Morgan fingerprint density at radius 3 is 2.37 bits per heavy atom. The molecule has 10 nitrogen and oxygen atoms in total. The van der Waals surface area contributed by atoms with Crippen molar-refractivity contribution >= 4 is 35.1 Å². The first-order valence-electron chi connectivity index (χ1n) is 16.5. The summed E-state index contributed by atoms with van der Waals surface area (Å²) in [5.74, 6) is 0.908. The lowest BCUT2D eigenvalue weighted by atomic mass is 9.88. The van der Waals surface area contributed by atoms with Crippen LogP contribution in [-0.4, -0.2) is 79.3 Å². The van der Waals surface area contributed by atoms with E-state index in [1.165, 1.54) is 19.4 Å². The second kappa shape index (κ2) is 16.2. The lowest BCUT2D eigenvalue weighted by molar-refractivity contribution is -0.247. The summed E-state index contributed by atoms with van der Waals surface area (Å²) in [6.45, 7) is 11.0. The zero-order chi connectivity index (χ0) is 36.9. The van der Waals surface area contributed by atoms with E-state index in [9.17, 15) is 23.1 Å². The molecule has 1 fully saturated rings. The molecule has 14 heteroatoms. The van der Waals surface area contributed by atoms with Gasteiger partial charge in [-0.1, -0.05) is 29.3 Å². The molecule has 1 aliphatic heterocycles. The third-order valence-corrected chi connectivity index (χ3v) is 9.21. The summed E-state index contributed by atoms with van der Waals surface area (Å²) in [5, 5.41) is 16.0. The highest BCUT2D eigenvalue weighted by Crippen LogP contribution is 2.42. The van der Waals surface area contributed by atoms with Gasteiger partial charge < -0.3 is 39.4 Å². The summed E-state index contributed by atoms with van der Waals surface area (Å²) in [4.78, 5) is 27.3. The number of nitrogens with one attached hydrogen (secondary N) is 1. The molecule has 0 spiro atoms. The number of carboxylic acid groups (broad SMARTS) is 1. The van der Waals surface area contributed by atoms with E-state index < -0.39 is 23.9 Å². The molecule has 1 unspecified atom stereocenters. The molecule has 1 saturated heterocycles. The Bertz CT molecular complexity index is 1830. The summed E-state index contributed by atoms with van der Waals surface area (Å²) < 4.78 is 53.4. The fourth-order valence-corrected chi connectivity index (χ4v) is 6.61. The van der Waals surface area contributed by atoms with Crippen molar-refractivity contribution < 1.29 is 32.5 Å². The number of hydrogen-bond acceptors (Lipinski definition) is 9. The van der Waals surface area contributed by atoms with E-state index in [0.29, 0.717) is 40.5 Å². The number of benzene rings is 3. The highest BCUT2D eigenvalue weighted by molar-refractivity contribution is 6.31. The largest absolute Gasteiger partial charge is 0.530 e. The van der Waals surface area contributed by atoms with Crippen LogP contribution in [-0.2, 0) is 6.18 Å². The Morgan fingerprint density at radius 2 is 1.73 bits per heavy atom. The van der Waals surface area contributed by atoms with Crippen molar-refractivity contribution in [2.75, 3.05) is 63.7 Å². The van der Waals surface area contributed by atoms with Crippen molar-refractivity contribution in [1.29, 1.82) is 0 Å². The molecule has 1 aromatic heterocycles. The van der Waals surface area contributed by atoms with Gasteiger partial charge in [0.2, 0.25) is 5.95 Å². The van der Waals surface area contributed by atoms with Crippen LogP contribution in [0.1, 0.15) is 45.8 Å². The minimum absolute atomic E-state index is 0.0212. The lowest BCUT2D eigenvalue weighted by Crippen LogP contribution is -2.45. The van der Waals surface area contributed by atoms with Gasteiger partial charge in [-0.05, 0) is 92.9 Å². The van der Waals surface area contributed by atoms with E-state index in [4.69, 9.17) is 21.1 Å². The normalized spacial score (nSPS) is 14.6. The minimum Gasteiger partial charge on any atom is -0.530 e. The Balaban J connectivity index is 1.43. The number of carbonyl (C=O) groups is 1. The van der Waals surface area contributed by atoms with Crippen LogP contribution in [0, 0.1) is 20.8 Å². The molecule has 4 aromatic rings. The molecule has 0 saturated carbocycles. The van der Waals surface area contributed by atoms with Crippen molar-refractivity contribution in [3.8, 4) is 11.5 Å². The number of amides is 1. The van der Waals surface area contributed by atoms with Crippen molar-refractivity contribution in [3.63, 3.8) is 0 Å². The number of nitrogens with zero attached hydrogens (tertiary/aromatic N) is 5. The third-order valence-electron chi connectivity index (χ3n) is 8.86. The Morgan fingerprint density at radius 1 is 1.02 bits per heavy atom. The zero-order valence-corrected chi connectivity index (χ0v) is 29.9. The molecule has 0 radical (unpaired) electrons. The molecule has 1 aliphatic rings. The van der Waals surface area contributed by atoms with Crippen LogP contribution in [0.15, 0.2) is 60.8 Å². The van der Waals surface area contributed by atoms with Gasteiger partial charge in [-0.15, -0.1) is 0 Å². The van der Waals surface area contributed by atoms with Crippen LogP contribution >= 0.6 is 11.6 Å². The van der Waals surface area contributed by atoms with E-state index >= 15 is 0 Å². The smallest absolute Gasteiger partial charge is 0.416 e. The first-order valence-corrected chi connectivity index (χ1v) is 16.9. The number of halogens is 4. The topological polar surface area (TPSA) is 106 Å². The maximum absolute atomic E-state index is 13.9. The van der Waals surface area contributed by atoms with E-state index in [1.807, 2.05) is 19.1 Å². The van der Waals surface area contributed by atoms with E-state index in [-0.39, 0.29) is 22.4 Å². The van der Waals surface area contributed by atoms with Crippen LogP contribution in [0.2, 0.25) is 5.02 Å². The first-order chi connectivity index (χ1) is 24.2. The molecular weight excluding hydrogens is 685 g/mol. The number of aromatic nitrogens is 2. The van der Waals surface area contributed by atoms with Gasteiger partial charge in [0.15, 0.2) is 11.5 Å². The second-order valence-electron chi connectivity index (χ2n) is 12.7. The maximum Gasteiger partial charge on any atom is 0.416 e. The van der Waals surface area contributed by atoms with Gasteiger partial charge in [0.25, 0.3) is 0 Å². The number of methoxy groups -OCH3 is 1. The van der Waals surface area contributed by atoms with Crippen molar-refractivity contribution in [2.24, 2.45) is 0 Å². The average Bonchev–Trinajstić information content (AvgIpc) is 3.07. The summed E-state index contributed by atoms with van der Waals surface area (Å²) in [7, 11) is 3.65. The number of rotatable bonds is 12. The minimum atomic E-state index is -4.70. The van der Waals surface area contributed by atoms with Gasteiger partial charge >= 0.3 is 6.18 Å². The Hall–Kier alpha value is -4.59. The maximum atomic E-state index is 13.9. The summed E-state index contributed by atoms with van der Waals surface area (Å²) >= 11 is 6.55. The van der Waals surface area contributed by atoms with Crippen molar-refractivity contribution in [2.45, 2.75) is 39.4 Å². The monoisotopic (exact) mass is 725 g/mol. The molecule has 1 N–H and O–H groups in total. The highest BCUT2D eigenvalue weighted by Gasteiger charge is 2.35. The molecule has 1 atom stereocenters. The van der Waals surface area contributed by atoms with Crippen LogP contribution < -0.4 is 24.8 Å². The van der Waals surface area contributed by atoms with Crippen LogP contribution in [0.5, 0.6) is 11.5 Å². The summed E-state index contributed by atoms with van der Waals surface area (Å²) in [6.07, 6.45) is -4.20. The van der Waals surface area contributed by atoms with Gasteiger partial charge in [0.05, 0.1) is 25.3 Å². The number of aryl methyl sites for hydroxylation is 3. The van der Waals surface area contributed by atoms with Gasteiger partial charge in [-0.2, -0.15) is 18.2 Å². The summed E-state index contributed by atoms with van der Waals surface area (Å²) in [5.41, 5.74) is 2.11. The van der Waals surface area contributed by atoms with Gasteiger partial charge in [-0.3, -0.25) is 0 Å². The number of hydrogen-bond donors (Lipinski definition) is 1. The van der Waals surface area contributed by atoms with E-state index in [2.05, 4.69) is 32.1 Å². The molecule has 2 heterocycles. The molecule has 0 aliphatic carbocycles. The standard InChI is InChI=1S/C37H42ClF3N6O4/c1-23-19-24(2)33(25(3)20-23)34(28-21-26(37(39,40)41)7-9-29(28)38)47(36(48)49)32-11-12-42-35(44-32)43-27-8-10-30(31(22-27)50-5)51-18-6-13-46-16-14-45(4)15-17-46/h7-12,19-22,34H,6,13-18H2,1-5H3,(H,48,49)(H,42,43,44)/p-1. The predicted molar refractivity (Wildman–Crippen MR) is 189 cm³/mol. The van der Waals surface area contributed by atoms with Crippen LogP contribution in [0.4, 0.5) is 35.4 Å². The van der Waals surface area contributed by atoms with Gasteiger partial charge in [0, 0.05) is 55.7 Å². The molecule has 51 heavy (non-hydrogen) atoms. The van der Waals surface area contributed by atoms with E-state index in [1.54, 1.807) is 32.0 Å². The van der Waals surface area contributed by atoms with Crippen LogP contribution in [0.25, 0.3) is 0 Å². The predicted octanol–water partition coefficient (Wildman–Crippen LogP) is 6.78. The lowest BCUT2D eigenvalue weighted by Gasteiger charge is -2.36. The molecule has 1 amide bonds. The molecule has 5 rings (SSSR count). The molecule has 272 valence electrons. The molecular formula is C37H41ClF3N6O4-. The number of anilines is 3. The highest BCUT2D eigenvalue weighted by atomic mass is 35.5. The average molecular weight is 726 g/mol. The summed E-state index contributed by atoms with van der Waals surface area (Å²) in [6, 6.07) is 11.7. The number of piperazine rings is 1. The number of likely N-dealkylation sites (N-methyl/N-ethyl adjacent to an activating group) is 1. The van der Waals surface area contributed by atoms with E-state index in [0.717, 1.165) is 67.8 Å². The molecule has 0 bridgehead atoms. The van der Waals surface area contributed by atoms with Gasteiger partial charge in [0.1, 0.15) is 11.9 Å². The molecule has 3 aromatic carbocycles. The second-order valence-corrected chi connectivity index (χ2v) is 13.1. The third kappa shape index (κ3) is 9.21. The number of carbonyl (C=O) groups excluding carboxylic acids is 1. The number of ether oxygens (including phenoxy) is 2. The quantitative estimate of drug-likeness (QED) is 0.158. The van der Waals surface area contributed by atoms with Gasteiger partial charge in [-0.25, -0.2) is 4.98 Å². The van der Waals surface area contributed by atoms with Crippen LogP contribution in [0.3, 0.4) is 0 Å². The fraction of sp³-hybridized carbons (Fsp3) is 0.378. The number of alkyl halides is 3. The van der Waals surface area contributed by atoms with Crippen molar-refractivity contribution in [1.82, 2.24) is 19.8 Å². The SMILES string of the molecule is COc1cc(Nc2nccc(N(C(=O)[O-])C(c3cc(C(F)(F)F)ccc3Cl)c3c(C)cc(C)cc3C)n2)ccc1OCCCN1CCN(C)CC1. The Labute approximate surface area is 300 Å².